The van der Waals surface area contributed by atoms with Crippen LogP contribution in [0.1, 0.15) is 52.0 Å². The summed E-state index contributed by atoms with van der Waals surface area (Å²) in [5.74, 6) is 0.00734. The molecule has 0 bridgehead atoms. The van der Waals surface area contributed by atoms with Crippen LogP contribution in [-0.2, 0) is 20.8 Å². The SMILES string of the molecule is COC(=O)C12CCC(NCc3ccccc3)CC1CCN(C(=O)OC(C)(C)C)C2. The molecule has 1 aliphatic heterocycles. The number of methoxy groups -OCH3 is 1. The molecule has 3 unspecified atom stereocenters. The van der Waals surface area contributed by atoms with Crippen molar-refractivity contribution in [2.75, 3.05) is 20.2 Å². The number of rotatable bonds is 4. The number of nitrogens with zero attached hydrogens (tertiary/aromatic N) is 1. The summed E-state index contributed by atoms with van der Waals surface area (Å²) in [7, 11) is 1.44. The smallest absolute Gasteiger partial charge is 0.410 e. The first-order valence-electron chi connectivity index (χ1n) is 10.6. The van der Waals surface area contributed by atoms with Crippen LogP contribution in [0.15, 0.2) is 30.3 Å². The first kappa shape index (κ1) is 21.6. The maximum atomic E-state index is 12.8. The molecular weight excluding hydrogens is 368 g/mol. The lowest BCUT2D eigenvalue weighted by Crippen LogP contribution is -2.59. The normalized spacial score (nSPS) is 27.1. The third kappa shape index (κ3) is 5.10. The fourth-order valence-electron chi connectivity index (χ4n) is 4.72. The number of likely N-dealkylation sites (tertiary alicyclic amines) is 1. The van der Waals surface area contributed by atoms with E-state index in [9.17, 15) is 9.59 Å². The van der Waals surface area contributed by atoms with Crippen LogP contribution in [0.2, 0.25) is 0 Å². The Morgan fingerprint density at radius 2 is 1.93 bits per heavy atom. The molecule has 1 saturated carbocycles. The van der Waals surface area contributed by atoms with E-state index in [0.29, 0.717) is 19.1 Å². The maximum Gasteiger partial charge on any atom is 0.410 e. The number of carbonyl (C=O) groups is 2. The van der Waals surface area contributed by atoms with Crippen molar-refractivity contribution < 1.29 is 19.1 Å². The molecule has 1 aromatic rings. The molecule has 1 aromatic carbocycles. The summed E-state index contributed by atoms with van der Waals surface area (Å²) in [4.78, 5) is 27.1. The Hall–Kier alpha value is -2.08. The van der Waals surface area contributed by atoms with Crippen LogP contribution in [0.25, 0.3) is 0 Å². The Bertz CT molecular complexity index is 715. The summed E-state index contributed by atoms with van der Waals surface area (Å²) in [6, 6.07) is 10.7. The second-order valence-corrected chi connectivity index (χ2v) is 9.37. The molecule has 160 valence electrons. The molecule has 3 atom stereocenters. The predicted molar refractivity (Wildman–Crippen MR) is 111 cm³/mol. The molecule has 3 rings (SSSR count). The topological polar surface area (TPSA) is 67.9 Å². The quantitative estimate of drug-likeness (QED) is 0.777. The fraction of sp³-hybridized carbons (Fsp3) is 0.652. The molecule has 6 heteroatoms. The summed E-state index contributed by atoms with van der Waals surface area (Å²) in [5.41, 5.74) is 0.0808. The molecule has 1 amide bonds. The van der Waals surface area contributed by atoms with Crippen LogP contribution in [0.3, 0.4) is 0 Å². The van der Waals surface area contributed by atoms with Crippen LogP contribution in [-0.4, -0.2) is 48.8 Å². The third-order valence-electron chi connectivity index (χ3n) is 6.19. The van der Waals surface area contributed by atoms with Gasteiger partial charge >= 0.3 is 12.1 Å². The predicted octanol–water partition coefficient (Wildman–Crippen LogP) is 3.75. The van der Waals surface area contributed by atoms with Crippen molar-refractivity contribution in [2.45, 2.75) is 64.6 Å². The monoisotopic (exact) mass is 402 g/mol. The Morgan fingerprint density at radius 3 is 2.59 bits per heavy atom. The number of nitrogens with one attached hydrogen (secondary N) is 1. The van der Waals surface area contributed by atoms with E-state index >= 15 is 0 Å². The van der Waals surface area contributed by atoms with Crippen LogP contribution < -0.4 is 5.32 Å². The lowest BCUT2D eigenvalue weighted by atomic mass is 9.61. The van der Waals surface area contributed by atoms with E-state index in [0.717, 1.165) is 32.2 Å². The highest BCUT2D eigenvalue weighted by Crippen LogP contribution is 2.47. The number of fused-ring (bicyclic) bond motifs is 1. The van der Waals surface area contributed by atoms with E-state index in [1.165, 1.54) is 12.7 Å². The number of ether oxygens (including phenoxy) is 2. The fourth-order valence-corrected chi connectivity index (χ4v) is 4.72. The Kier molecular flexibility index (Phi) is 6.52. The number of esters is 1. The van der Waals surface area contributed by atoms with E-state index in [1.807, 2.05) is 39.0 Å². The molecule has 1 saturated heterocycles. The van der Waals surface area contributed by atoms with Gasteiger partial charge in [0.2, 0.25) is 0 Å². The van der Waals surface area contributed by atoms with Crippen LogP contribution >= 0.6 is 0 Å². The Labute approximate surface area is 173 Å². The molecule has 0 radical (unpaired) electrons. The maximum absolute atomic E-state index is 12.8. The zero-order chi connectivity index (χ0) is 21.1. The zero-order valence-electron chi connectivity index (χ0n) is 18.1. The van der Waals surface area contributed by atoms with Gasteiger partial charge in [0, 0.05) is 25.7 Å². The molecular formula is C23H34N2O4. The molecule has 0 spiro atoms. The van der Waals surface area contributed by atoms with Crippen molar-refractivity contribution in [3.63, 3.8) is 0 Å². The van der Waals surface area contributed by atoms with Crippen molar-refractivity contribution in [1.82, 2.24) is 10.2 Å². The lowest BCUT2D eigenvalue weighted by Gasteiger charge is -2.50. The average molecular weight is 403 g/mol. The minimum absolute atomic E-state index is 0.197. The van der Waals surface area contributed by atoms with E-state index in [2.05, 4.69) is 17.4 Å². The number of carbonyl (C=O) groups excluding carboxylic acids is 2. The van der Waals surface area contributed by atoms with Gasteiger partial charge in [0.1, 0.15) is 5.60 Å². The van der Waals surface area contributed by atoms with Gasteiger partial charge in [-0.1, -0.05) is 30.3 Å². The Morgan fingerprint density at radius 1 is 1.21 bits per heavy atom. The first-order chi connectivity index (χ1) is 13.7. The minimum atomic E-state index is -0.630. The van der Waals surface area contributed by atoms with E-state index < -0.39 is 11.0 Å². The van der Waals surface area contributed by atoms with Crippen molar-refractivity contribution >= 4 is 12.1 Å². The van der Waals surface area contributed by atoms with Gasteiger partial charge < -0.3 is 19.7 Å². The van der Waals surface area contributed by atoms with Crippen molar-refractivity contribution in [2.24, 2.45) is 11.3 Å². The molecule has 29 heavy (non-hydrogen) atoms. The molecule has 0 aromatic heterocycles. The highest BCUT2D eigenvalue weighted by Gasteiger charge is 2.54. The zero-order valence-corrected chi connectivity index (χ0v) is 18.1. The van der Waals surface area contributed by atoms with Gasteiger partial charge in [-0.15, -0.1) is 0 Å². The van der Waals surface area contributed by atoms with Crippen molar-refractivity contribution in [1.29, 1.82) is 0 Å². The van der Waals surface area contributed by atoms with E-state index in [1.54, 1.807) is 4.90 Å². The van der Waals surface area contributed by atoms with Crippen LogP contribution in [0.4, 0.5) is 4.79 Å². The molecule has 2 aliphatic rings. The van der Waals surface area contributed by atoms with Gasteiger partial charge in [-0.05, 0) is 57.9 Å². The van der Waals surface area contributed by atoms with Gasteiger partial charge in [0.15, 0.2) is 0 Å². The molecule has 1 aliphatic carbocycles. The van der Waals surface area contributed by atoms with E-state index in [-0.39, 0.29) is 18.0 Å². The van der Waals surface area contributed by atoms with Crippen molar-refractivity contribution in [3.8, 4) is 0 Å². The molecule has 1 heterocycles. The van der Waals surface area contributed by atoms with Gasteiger partial charge in [0.25, 0.3) is 0 Å². The highest BCUT2D eigenvalue weighted by atomic mass is 16.6. The second kappa shape index (κ2) is 8.74. The van der Waals surface area contributed by atoms with Crippen LogP contribution in [0, 0.1) is 11.3 Å². The lowest BCUT2D eigenvalue weighted by molar-refractivity contribution is -0.164. The van der Waals surface area contributed by atoms with Crippen molar-refractivity contribution in [3.05, 3.63) is 35.9 Å². The molecule has 6 nitrogen and oxygen atoms in total. The largest absolute Gasteiger partial charge is 0.469 e. The summed E-state index contributed by atoms with van der Waals surface area (Å²) in [6.45, 7) is 7.40. The summed E-state index contributed by atoms with van der Waals surface area (Å²) in [5, 5.41) is 3.65. The molecule has 1 N–H and O–H groups in total. The Balaban J connectivity index is 1.67. The highest BCUT2D eigenvalue weighted by molar-refractivity contribution is 5.79. The number of hydrogen-bond donors (Lipinski definition) is 1. The number of amides is 1. The second-order valence-electron chi connectivity index (χ2n) is 9.37. The number of piperidine rings is 1. The summed E-state index contributed by atoms with van der Waals surface area (Å²) < 4.78 is 10.8. The summed E-state index contributed by atoms with van der Waals surface area (Å²) >= 11 is 0. The summed E-state index contributed by atoms with van der Waals surface area (Å²) in [6.07, 6.45) is 2.97. The minimum Gasteiger partial charge on any atom is -0.469 e. The average Bonchev–Trinajstić information content (AvgIpc) is 2.70. The molecule has 2 fully saturated rings. The number of benzene rings is 1. The van der Waals surface area contributed by atoms with Gasteiger partial charge in [-0.2, -0.15) is 0 Å². The van der Waals surface area contributed by atoms with Crippen LogP contribution in [0.5, 0.6) is 0 Å². The van der Waals surface area contributed by atoms with Gasteiger partial charge in [0.05, 0.1) is 12.5 Å². The van der Waals surface area contributed by atoms with Gasteiger partial charge in [-0.25, -0.2) is 4.79 Å². The first-order valence-corrected chi connectivity index (χ1v) is 10.6. The number of hydrogen-bond acceptors (Lipinski definition) is 5. The standard InChI is InChI=1S/C23H34N2O4/c1-22(2,3)29-21(27)25-13-11-18-14-19(24-15-17-8-6-5-7-9-17)10-12-23(18,16-25)20(26)28-4/h5-9,18-19,24H,10-16H2,1-4H3. The van der Waals surface area contributed by atoms with Gasteiger partial charge in [-0.3, -0.25) is 4.79 Å². The third-order valence-corrected chi connectivity index (χ3v) is 6.19. The van der Waals surface area contributed by atoms with E-state index in [4.69, 9.17) is 9.47 Å².